The number of ether oxygens (including phenoxy) is 1. The largest absolute Gasteiger partial charge is 0.361 e. The minimum Gasteiger partial charge on any atom is -0.361 e. The quantitative estimate of drug-likeness (QED) is 0.310. The summed E-state index contributed by atoms with van der Waals surface area (Å²) in [4.78, 5) is 33.6. The van der Waals surface area contributed by atoms with Crippen LogP contribution >= 0.6 is 0 Å². The Labute approximate surface area is 238 Å². The topological polar surface area (TPSA) is 103 Å². The molecule has 1 aromatic carbocycles. The number of carbonyl (C=O) groups excluding carboxylic acids is 2. The predicted molar refractivity (Wildman–Crippen MR) is 160 cm³/mol. The van der Waals surface area contributed by atoms with E-state index in [1.807, 2.05) is 32.3 Å². The number of amides is 3. The van der Waals surface area contributed by atoms with Crippen LogP contribution in [0.25, 0.3) is 5.57 Å². The third kappa shape index (κ3) is 7.40. The van der Waals surface area contributed by atoms with E-state index in [2.05, 4.69) is 42.1 Å². The van der Waals surface area contributed by atoms with Crippen molar-refractivity contribution in [1.82, 2.24) is 19.4 Å². The lowest BCUT2D eigenvalue weighted by Gasteiger charge is -2.36. The van der Waals surface area contributed by atoms with Gasteiger partial charge in [0.15, 0.2) is 5.69 Å². The number of hydrogen-bond acceptors (Lipinski definition) is 5. The second kappa shape index (κ2) is 12.8. The fourth-order valence-electron chi connectivity index (χ4n) is 5.30. The van der Waals surface area contributed by atoms with Gasteiger partial charge in [-0.15, -0.1) is 0 Å². The Morgan fingerprint density at radius 3 is 2.62 bits per heavy atom. The predicted octanol–water partition coefficient (Wildman–Crippen LogP) is 5.75. The van der Waals surface area contributed by atoms with Crippen LogP contribution < -0.4 is 5.32 Å². The van der Waals surface area contributed by atoms with Crippen LogP contribution in [0, 0.1) is 11.3 Å². The summed E-state index contributed by atoms with van der Waals surface area (Å²) < 4.78 is 7.48. The SMILES string of the molecule is CN1CC(c2ccc(NC(=O)c3nc(C#N)cn3COCC[Si](C)(C)C)c(C3=CCCCCC3)c2)CN(C)C1=O. The van der Waals surface area contributed by atoms with E-state index < -0.39 is 8.07 Å². The molecule has 0 unspecified atom stereocenters. The molecule has 1 N–H and O–H groups in total. The van der Waals surface area contributed by atoms with E-state index in [-0.39, 0.29) is 36.1 Å². The van der Waals surface area contributed by atoms with Gasteiger partial charge in [0.05, 0.1) is 0 Å². The van der Waals surface area contributed by atoms with Gasteiger partial charge in [0.2, 0.25) is 5.82 Å². The first-order chi connectivity index (χ1) is 19.1. The zero-order chi connectivity index (χ0) is 28.9. The van der Waals surface area contributed by atoms with Gasteiger partial charge in [0.25, 0.3) is 5.91 Å². The summed E-state index contributed by atoms with van der Waals surface area (Å²) in [5, 5.41) is 12.5. The average molecular weight is 563 g/mol. The minimum atomic E-state index is -1.25. The number of aromatic nitrogens is 2. The molecule has 4 rings (SSSR count). The lowest BCUT2D eigenvalue weighted by molar-refractivity contribution is 0.0808. The number of rotatable bonds is 9. The molecule has 3 amide bonds. The number of nitriles is 1. The highest BCUT2D eigenvalue weighted by atomic mass is 28.3. The molecule has 1 aliphatic heterocycles. The maximum absolute atomic E-state index is 13.5. The summed E-state index contributed by atoms with van der Waals surface area (Å²) >= 11 is 0. The molecule has 0 saturated carbocycles. The highest BCUT2D eigenvalue weighted by Gasteiger charge is 2.29. The van der Waals surface area contributed by atoms with Crippen molar-refractivity contribution in [3.05, 3.63) is 53.1 Å². The van der Waals surface area contributed by atoms with Crippen LogP contribution in [-0.2, 0) is 11.5 Å². The highest BCUT2D eigenvalue weighted by molar-refractivity contribution is 6.76. The lowest BCUT2D eigenvalue weighted by atomic mass is 9.90. The molecule has 40 heavy (non-hydrogen) atoms. The van der Waals surface area contributed by atoms with Crippen molar-refractivity contribution in [3.63, 3.8) is 0 Å². The van der Waals surface area contributed by atoms with Crippen LogP contribution in [0.4, 0.5) is 10.5 Å². The van der Waals surface area contributed by atoms with Crippen molar-refractivity contribution in [1.29, 1.82) is 5.26 Å². The molecule has 0 bridgehead atoms. The molecule has 1 aliphatic carbocycles. The highest BCUT2D eigenvalue weighted by Crippen LogP contribution is 2.35. The van der Waals surface area contributed by atoms with E-state index in [1.54, 1.807) is 20.6 Å². The molecule has 2 aliphatic rings. The van der Waals surface area contributed by atoms with Gasteiger partial charge in [0.1, 0.15) is 12.8 Å². The molecular weight excluding hydrogens is 520 g/mol. The molecule has 0 radical (unpaired) electrons. The number of nitrogens with one attached hydrogen (secondary N) is 1. The minimum absolute atomic E-state index is 0.0311. The number of allylic oxidation sites excluding steroid dienone is 2. The number of benzene rings is 1. The van der Waals surface area contributed by atoms with Gasteiger partial charge in [-0.2, -0.15) is 5.26 Å². The third-order valence-corrected chi connectivity index (χ3v) is 9.32. The van der Waals surface area contributed by atoms with Crippen molar-refractivity contribution in [3.8, 4) is 6.07 Å². The first-order valence-corrected chi connectivity index (χ1v) is 17.9. The van der Waals surface area contributed by atoms with Gasteiger partial charge >= 0.3 is 6.03 Å². The number of hydrogen-bond donors (Lipinski definition) is 1. The van der Waals surface area contributed by atoms with Crippen molar-refractivity contribution >= 4 is 31.3 Å². The summed E-state index contributed by atoms with van der Waals surface area (Å²) in [7, 11) is 2.42. The third-order valence-electron chi connectivity index (χ3n) is 7.61. The van der Waals surface area contributed by atoms with Gasteiger partial charge in [-0.3, -0.25) is 4.79 Å². The van der Waals surface area contributed by atoms with E-state index in [0.29, 0.717) is 19.7 Å². The molecule has 10 heteroatoms. The van der Waals surface area contributed by atoms with Crippen LogP contribution in [0.1, 0.15) is 65.5 Å². The summed E-state index contributed by atoms with van der Waals surface area (Å²) in [6, 6.07) is 9.28. The van der Waals surface area contributed by atoms with Crippen LogP contribution in [0.2, 0.25) is 25.7 Å². The van der Waals surface area contributed by atoms with E-state index in [1.165, 1.54) is 12.0 Å². The van der Waals surface area contributed by atoms with E-state index >= 15 is 0 Å². The molecule has 1 saturated heterocycles. The Kier molecular flexibility index (Phi) is 9.48. The number of imidazole rings is 1. The van der Waals surface area contributed by atoms with Gasteiger partial charge < -0.3 is 24.4 Å². The molecule has 9 nitrogen and oxygen atoms in total. The van der Waals surface area contributed by atoms with Crippen molar-refractivity contribution in [2.45, 2.75) is 70.4 Å². The fraction of sp³-hybridized carbons (Fsp3) is 0.533. The molecule has 1 aromatic heterocycles. The average Bonchev–Trinajstić information content (AvgIpc) is 3.14. The standard InChI is InChI=1S/C30H42N6O3Si/c1-34-18-24(19-35(2)30(34)38)23-12-13-27(26(16-23)22-10-8-6-7-9-11-22)33-29(37)28-32-25(17-31)20-36(28)21-39-14-15-40(3,4)5/h10,12-13,16,20,24H,6-9,11,14-15,18-19,21H2,1-5H3,(H,33,37). The number of urea groups is 1. The zero-order valence-corrected chi connectivity index (χ0v) is 25.5. The Bertz CT molecular complexity index is 1290. The van der Waals surface area contributed by atoms with Gasteiger partial charge in [-0.05, 0) is 55.0 Å². The Balaban J connectivity index is 1.60. The van der Waals surface area contributed by atoms with Crippen LogP contribution in [0.5, 0.6) is 0 Å². The molecule has 214 valence electrons. The molecule has 2 aromatic rings. The smallest absolute Gasteiger partial charge is 0.319 e. The number of carbonyl (C=O) groups is 2. The number of likely N-dealkylation sites (N-methyl/N-ethyl adjacent to an activating group) is 2. The zero-order valence-electron chi connectivity index (χ0n) is 24.5. The van der Waals surface area contributed by atoms with Gasteiger partial charge in [-0.1, -0.05) is 38.2 Å². The number of nitrogens with zero attached hydrogens (tertiary/aromatic N) is 5. The normalized spacial score (nSPS) is 16.9. The Morgan fingerprint density at radius 1 is 1.18 bits per heavy atom. The first-order valence-electron chi connectivity index (χ1n) is 14.2. The number of anilines is 1. The molecule has 1 fully saturated rings. The van der Waals surface area contributed by atoms with Crippen LogP contribution in [-0.4, -0.2) is 73.2 Å². The van der Waals surface area contributed by atoms with Crippen LogP contribution in [0.15, 0.2) is 30.5 Å². The molecular formula is C30H42N6O3Si. The maximum atomic E-state index is 13.5. The molecule has 2 heterocycles. The molecule has 0 spiro atoms. The van der Waals surface area contributed by atoms with E-state index in [4.69, 9.17) is 4.74 Å². The Morgan fingerprint density at radius 2 is 1.93 bits per heavy atom. The van der Waals surface area contributed by atoms with E-state index in [0.717, 1.165) is 48.5 Å². The van der Waals surface area contributed by atoms with E-state index in [9.17, 15) is 14.9 Å². The molecule has 0 atom stereocenters. The van der Waals surface area contributed by atoms with Gasteiger partial charge in [-0.25, -0.2) is 9.78 Å². The van der Waals surface area contributed by atoms with Gasteiger partial charge in [0, 0.05) is 65.2 Å². The summed E-state index contributed by atoms with van der Waals surface area (Å²) in [5.74, 6) is -0.0438. The summed E-state index contributed by atoms with van der Waals surface area (Å²) in [6.45, 7) is 8.94. The summed E-state index contributed by atoms with van der Waals surface area (Å²) in [5.41, 5.74) is 4.30. The fourth-order valence-corrected chi connectivity index (χ4v) is 6.05. The van der Waals surface area contributed by atoms with Crippen molar-refractivity contribution in [2.75, 3.05) is 39.1 Å². The lowest BCUT2D eigenvalue weighted by Crippen LogP contribution is -2.48. The second-order valence-corrected chi connectivity index (χ2v) is 17.8. The van der Waals surface area contributed by atoms with Crippen molar-refractivity contribution in [2.24, 2.45) is 0 Å². The van der Waals surface area contributed by atoms with Crippen molar-refractivity contribution < 1.29 is 14.3 Å². The monoisotopic (exact) mass is 562 g/mol. The maximum Gasteiger partial charge on any atom is 0.319 e. The Hall–Kier alpha value is -3.42. The van der Waals surface area contributed by atoms with Crippen LogP contribution in [0.3, 0.4) is 0 Å². The second-order valence-electron chi connectivity index (χ2n) is 12.2. The first kappa shape index (κ1) is 29.6. The summed E-state index contributed by atoms with van der Waals surface area (Å²) in [6.07, 6.45) is 9.29.